The zero-order valence-electron chi connectivity index (χ0n) is 8.73. The van der Waals surface area contributed by atoms with Crippen molar-refractivity contribution in [1.82, 2.24) is 28.7 Å². The van der Waals surface area contributed by atoms with Crippen LogP contribution in [0.15, 0.2) is 55.4 Å². The summed E-state index contributed by atoms with van der Waals surface area (Å²) in [6, 6.07) is 5.12. The summed E-state index contributed by atoms with van der Waals surface area (Å²) in [5.41, 5.74) is 0. The Hall–Kier alpha value is -2.14. The highest BCUT2D eigenvalue weighted by atomic mass is 31.2. The monoisotopic (exact) mass is 248 g/mol. The molecule has 3 aromatic rings. The minimum absolute atomic E-state index is 1.37. The lowest BCUT2D eigenvalue weighted by Crippen LogP contribution is -2.14. The Morgan fingerprint density at radius 3 is 1.29 bits per heavy atom. The van der Waals surface area contributed by atoms with Gasteiger partial charge in [0.25, 0.3) is 0 Å². The highest BCUT2D eigenvalue weighted by Gasteiger charge is 2.31. The van der Waals surface area contributed by atoms with Gasteiger partial charge in [-0.05, 0) is 18.2 Å². The van der Waals surface area contributed by atoms with Gasteiger partial charge in [-0.3, -0.25) is 0 Å². The summed E-state index contributed by atoms with van der Waals surface area (Å²) < 4.78 is 17.2. The quantitative estimate of drug-likeness (QED) is 0.655. The molecule has 86 valence electrons. The molecule has 0 atom stereocenters. The lowest BCUT2D eigenvalue weighted by atomic mass is 10.8. The third kappa shape index (κ3) is 1.43. The summed E-state index contributed by atoms with van der Waals surface area (Å²) in [5, 5.41) is 12.1. The molecule has 0 amide bonds. The smallest absolute Gasteiger partial charge is 0.244 e. The summed E-state index contributed by atoms with van der Waals surface area (Å²) in [6.07, 6.45) is 9.59. The second kappa shape index (κ2) is 3.71. The first-order chi connectivity index (χ1) is 8.32. The molecule has 0 saturated heterocycles. The average molecular weight is 248 g/mol. The third-order valence-corrected chi connectivity index (χ3v) is 4.58. The van der Waals surface area contributed by atoms with Gasteiger partial charge < -0.3 is 0 Å². The Morgan fingerprint density at radius 1 is 0.706 bits per heavy atom. The molecule has 7 nitrogen and oxygen atoms in total. The van der Waals surface area contributed by atoms with Crippen LogP contribution in [0.1, 0.15) is 0 Å². The van der Waals surface area contributed by atoms with Crippen molar-refractivity contribution in [2.24, 2.45) is 0 Å². The van der Waals surface area contributed by atoms with E-state index >= 15 is 0 Å². The predicted molar refractivity (Wildman–Crippen MR) is 60.5 cm³/mol. The molecule has 3 heterocycles. The van der Waals surface area contributed by atoms with E-state index in [0.29, 0.717) is 0 Å². The van der Waals surface area contributed by atoms with Crippen LogP contribution >= 0.6 is 7.59 Å². The van der Waals surface area contributed by atoms with E-state index in [4.69, 9.17) is 0 Å². The Kier molecular flexibility index (Phi) is 2.19. The van der Waals surface area contributed by atoms with E-state index in [1.54, 1.807) is 55.4 Å². The topological polar surface area (TPSA) is 70.5 Å². The number of hydrogen-bond acceptors (Lipinski definition) is 4. The van der Waals surface area contributed by atoms with E-state index in [-0.39, 0.29) is 0 Å². The Labute approximate surface area is 96.8 Å². The van der Waals surface area contributed by atoms with Crippen molar-refractivity contribution in [3.63, 3.8) is 0 Å². The van der Waals surface area contributed by atoms with Gasteiger partial charge in [0.2, 0.25) is 0 Å². The number of rotatable bonds is 3. The fourth-order valence-electron chi connectivity index (χ4n) is 1.53. The molecule has 0 bridgehead atoms. The number of hydrogen-bond donors (Lipinski definition) is 0. The van der Waals surface area contributed by atoms with Crippen LogP contribution in [0.5, 0.6) is 0 Å². The van der Waals surface area contributed by atoms with E-state index < -0.39 is 7.59 Å². The molecule has 0 saturated carbocycles. The normalized spacial score (nSPS) is 11.8. The van der Waals surface area contributed by atoms with Crippen molar-refractivity contribution in [2.45, 2.75) is 0 Å². The molecule has 0 aromatic carbocycles. The molecule has 0 spiro atoms. The van der Waals surface area contributed by atoms with Gasteiger partial charge in [0, 0.05) is 37.2 Å². The first kappa shape index (κ1) is 10.0. The molecular formula is C9H9N6OP. The van der Waals surface area contributed by atoms with Gasteiger partial charge >= 0.3 is 7.59 Å². The van der Waals surface area contributed by atoms with Crippen LogP contribution in [0.2, 0.25) is 0 Å². The maximum Gasteiger partial charge on any atom is 0.418 e. The van der Waals surface area contributed by atoms with E-state index in [9.17, 15) is 4.57 Å². The molecule has 0 fully saturated rings. The van der Waals surface area contributed by atoms with Crippen molar-refractivity contribution >= 4 is 7.59 Å². The van der Waals surface area contributed by atoms with Crippen LogP contribution in [0.3, 0.4) is 0 Å². The first-order valence-electron chi connectivity index (χ1n) is 4.93. The molecule has 8 heteroatoms. The molecule has 0 aliphatic rings. The number of aromatic nitrogens is 6. The maximum atomic E-state index is 13.1. The van der Waals surface area contributed by atoms with Crippen molar-refractivity contribution < 1.29 is 4.57 Å². The molecule has 0 aliphatic carbocycles. The van der Waals surface area contributed by atoms with Crippen molar-refractivity contribution in [3.8, 4) is 0 Å². The van der Waals surface area contributed by atoms with E-state index in [2.05, 4.69) is 15.3 Å². The summed E-state index contributed by atoms with van der Waals surface area (Å²) in [5.74, 6) is 0. The van der Waals surface area contributed by atoms with Crippen LogP contribution in [0, 0.1) is 0 Å². The van der Waals surface area contributed by atoms with Gasteiger partial charge in [-0.1, -0.05) is 0 Å². The Morgan fingerprint density at radius 2 is 1.06 bits per heavy atom. The lowest BCUT2D eigenvalue weighted by Gasteiger charge is -2.18. The van der Waals surface area contributed by atoms with Crippen molar-refractivity contribution in [2.75, 3.05) is 0 Å². The molecule has 3 aromatic heterocycles. The van der Waals surface area contributed by atoms with E-state index in [1.165, 1.54) is 13.4 Å². The fourth-order valence-corrected chi connectivity index (χ4v) is 3.42. The van der Waals surface area contributed by atoms with Crippen LogP contribution < -0.4 is 0 Å². The second-order valence-corrected chi connectivity index (χ2v) is 5.55. The third-order valence-electron chi connectivity index (χ3n) is 2.27. The summed E-state index contributed by atoms with van der Waals surface area (Å²) >= 11 is 0. The fraction of sp³-hybridized carbons (Fsp3) is 0. The molecule has 17 heavy (non-hydrogen) atoms. The van der Waals surface area contributed by atoms with Gasteiger partial charge in [0.15, 0.2) is 0 Å². The summed E-state index contributed by atoms with van der Waals surface area (Å²) in [6.45, 7) is 0. The molecular weight excluding hydrogens is 239 g/mol. The van der Waals surface area contributed by atoms with Crippen LogP contribution in [0.25, 0.3) is 0 Å². The second-order valence-electron chi connectivity index (χ2n) is 3.29. The standard InChI is InChI=1S/C9H9N6OP/c16-17(13-7-1-4-10-13,14-8-2-5-11-14)15-9-3-6-12-15/h1-9H. The zero-order valence-corrected chi connectivity index (χ0v) is 9.63. The minimum atomic E-state index is -3.22. The molecule has 3 rings (SSSR count). The Balaban J connectivity index is 2.26. The summed E-state index contributed by atoms with van der Waals surface area (Å²) in [7, 11) is -3.22. The zero-order chi connectivity index (χ0) is 11.7. The van der Waals surface area contributed by atoms with Crippen LogP contribution in [0.4, 0.5) is 0 Å². The van der Waals surface area contributed by atoms with Gasteiger partial charge in [0.05, 0.1) is 0 Å². The largest absolute Gasteiger partial charge is 0.418 e. The van der Waals surface area contributed by atoms with Gasteiger partial charge in [-0.15, -0.1) is 0 Å². The van der Waals surface area contributed by atoms with Crippen molar-refractivity contribution in [3.05, 3.63) is 55.4 Å². The highest BCUT2D eigenvalue weighted by Crippen LogP contribution is 2.47. The number of nitrogens with zero attached hydrogens (tertiary/aromatic N) is 6. The molecule has 0 unspecified atom stereocenters. The predicted octanol–water partition coefficient (Wildman–Crippen LogP) is 1.33. The van der Waals surface area contributed by atoms with Crippen LogP contribution in [-0.2, 0) is 4.57 Å². The van der Waals surface area contributed by atoms with E-state index in [1.807, 2.05) is 0 Å². The van der Waals surface area contributed by atoms with E-state index in [0.717, 1.165) is 0 Å². The van der Waals surface area contributed by atoms with Gasteiger partial charge in [-0.25, -0.2) is 4.57 Å². The van der Waals surface area contributed by atoms with Gasteiger partial charge in [-0.2, -0.15) is 28.7 Å². The molecule has 0 N–H and O–H groups in total. The maximum absolute atomic E-state index is 13.1. The highest BCUT2D eigenvalue weighted by molar-refractivity contribution is 7.58. The average Bonchev–Trinajstić information content (AvgIpc) is 3.10. The SMILES string of the molecule is O=P(n1cccn1)(n1cccn1)n1cccn1. The van der Waals surface area contributed by atoms with Crippen LogP contribution in [-0.4, -0.2) is 28.7 Å². The lowest BCUT2D eigenvalue weighted by molar-refractivity contribution is 0.534. The minimum Gasteiger partial charge on any atom is -0.244 e. The summed E-state index contributed by atoms with van der Waals surface area (Å²) in [4.78, 5) is 0. The Bertz CT molecular complexity index is 536. The molecule has 0 aliphatic heterocycles. The van der Waals surface area contributed by atoms with Gasteiger partial charge in [0.1, 0.15) is 0 Å². The molecule has 0 radical (unpaired) electrons. The van der Waals surface area contributed by atoms with Crippen molar-refractivity contribution in [1.29, 1.82) is 0 Å². The first-order valence-corrected chi connectivity index (χ1v) is 6.50.